The summed E-state index contributed by atoms with van der Waals surface area (Å²) < 4.78 is 21.6. The van der Waals surface area contributed by atoms with Gasteiger partial charge in [0.05, 0.1) is 14.2 Å². The number of nitrogens with one attached hydrogen (secondary N) is 1. The lowest BCUT2D eigenvalue weighted by molar-refractivity contribution is -0.122. The molecule has 8 heteroatoms. The summed E-state index contributed by atoms with van der Waals surface area (Å²) in [7, 11) is 3.17. The van der Waals surface area contributed by atoms with Crippen LogP contribution >= 0.6 is 0 Å². The second-order valence-corrected chi connectivity index (χ2v) is 7.13. The van der Waals surface area contributed by atoms with Gasteiger partial charge >= 0.3 is 0 Å². The van der Waals surface area contributed by atoms with Crippen molar-refractivity contribution in [2.75, 3.05) is 19.5 Å². The highest BCUT2D eigenvalue weighted by molar-refractivity contribution is 5.94. The molecule has 0 aliphatic carbocycles. The highest BCUT2D eigenvalue weighted by atomic mass is 16.5. The average Bonchev–Trinajstić information content (AvgIpc) is 3.35. The van der Waals surface area contributed by atoms with E-state index in [1.165, 1.54) is 0 Å². The fourth-order valence-electron chi connectivity index (χ4n) is 3.10. The van der Waals surface area contributed by atoms with Crippen molar-refractivity contribution in [3.8, 4) is 40.1 Å². The van der Waals surface area contributed by atoms with Gasteiger partial charge in [-0.1, -0.05) is 17.3 Å². The minimum Gasteiger partial charge on any atom is -0.497 e. The second kappa shape index (κ2) is 9.86. The smallest absolute Gasteiger partial charge is 0.265 e. The van der Waals surface area contributed by atoms with Crippen LogP contribution in [0.5, 0.6) is 17.2 Å². The largest absolute Gasteiger partial charge is 0.497 e. The molecule has 4 aromatic rings. The quantitative estimate of drug-likeness (QED) is 0.415. The highest BCUT2D eigenvalue weighted by Crippen LogP contribution is 2.27. The minimum absolute atomic E-state index is 0.284. The normalized spacial score (nSPS) is 11.5. The van der Waals surface area contributed by atoms with E-state index in [1.54, 1.807) is 57.5 Å². The molecular weight excluding hydrogens is 422 g/mol. The van der Waals surface area contributed by atoms with Crippen molar-refractivity contribution in [1.29, 1.82) is 0 Å². The molecule has 0 bridgehead atoms. The van der Waals surface area contributed by atoms with Crippen LogP contribution in [-0.4, -0.2) is 36.4 Å². The Morgan fingerprint density at radius 3 is 2.21 bits per heavy atom. The SMILES string of the molecule is COc1ccc(-c2noc(-c3ccc(NC(=O)[C@@H](C)Oc4ccccc4OC)cc3)n2)cc1. The molecule has 0 saturated heterocycles. The molecule has 8 nitrogen and oxygen atoms in total. The number of aromatic nitrogens is 2. The maximum Gasteiger partial charge on any atom is 0.265 e. The Morgan fingerprint density at radius 2 is 1.55 bits per heavy atom. The van der Waals surface area contributed by atoms with Gasteiger partial charge in [0.2, 0.25) is 5.82 Å². The van der Waals surface area contributed by atoms with E-state index in [1.807, 2.05) is 36.4 Å². The first kappa shape index (κ1) is 21.9. The zero-order valence-electron chi connectivity index (χ0n) is 18.4. The van der Waals surface area contributed by atoms with E-state index in [4.69, 9.17) is 18.7 Å². The van der Waals surface area contributed by atoms with Crippen LogP contribution in [0.2, 0.25) is 0 Å². The van der Waals surface area contributed by atoms with Crippen LogP contribution < -0.4 is 19.5 Å². The van der Waals surface area contributed by atoms with Gasteiger partial charge in [-0.05, 0) is 67.6 Å². The molecule has 168 valence electrons. The van der Waals surface area contributed by atoms with Crippen molar-refractivity contribution in [2.45, 2.75) is 13.0 Å². The summed E-state index contributed by atoms with van der Waals surface area (Å²) in [4.78, 5) is 17.0. The summed E-state index contributed by atoms with van der Waals surface area (Å²) >= 11 is 0. The number of amides is 1. The van der Waals surface area contributed by atoms with Gasteiger partial charge in [-0.25, -0.2) is 0 Å². The van der Waals surface area contributed by atoms with Crippen molar-refractivity contribution < 1.29 is 23.5 Å². The summed E-state index contributed by atoms with van der Waals surface area (Å²) in [5.41, 5.74) is 2.17. The molecule has 0 radical (unpaired) electrons. The van der Waals surface area contributed by atoms with Gasteiger partial charge < -0.3 is 24.1 Å². The number of carbonyl (C=O) groups excluding carboxylic acids is 1. The lowest BCUT2D eigenvalue weighted by Gasteiger charge is -2.16. The highest BCUT2D eigenvalue weighted by Gasteiger charge is 2.17. The van der Waals surface area contributed by atoms with Crippen LogP contribution in [0.4, 0.5) is 5.69 Å². The Hall–Kier alpha value is -4.33. The van der Waals surface area contributed by atoms with Crippen molar-refractivity contribution in [3.05, 3.63) is 72.8 Å². The van der Waals surface area contributed by atoms with E-state index >= 15 is 0 Å². The molecule has 1 aromatic heterocycles. The second-order valence-electron chi connectivity index (χ2n) is 7.13. The zero-order chi connectivity index (χ0) is 23.2. The van der Waals surface area contributed by atoms with Crippen molar-refractivity contribution in [1.82, 2.24) is 10.1 Å². The van der Waals surface area contributed by atoms with Gasteiger partial charge in [0, 0.05) is 16.8 Å². The summed E-state index contributed by atoms with van der Waals surface area (Å²) in [5, 5.41) is 6.88. The first-order chi connectivity index (χ1) is 16.1. The number of ether oxygens (including phenoxy) is 3. The number of methoxy groups -OCH3 is 2. The Labute approximate surface area is 191 Å². The van der Waals surface area contributed by atoms with E-state index in [0.717, 1.165) is 16.9 Å². The number of rotatable bonds is 8. The molecule has 1 heterocycles. The number of hydrogen-bond acceptors (Lipinski definition) is 7. The van der Waals surface area contributed by atoms with Crippen LogP contribution in [0, 0.1) is 0 Å². The standard InChI is InChI=1S/C25H23N3O5/c1-16(32-22-7-5-4-6-21(22)31-3)24(29)26-19-12-8-18(9-13-19)25-27-23(28-33-25)17-10-14-20(30-2)15-11-17/h4-16H,1-3H3,(H,26,29)/t16-/m1/s1. The van der Waals surface area contributed by atoms with Gasteiger partial charge in [-0.3, -0.25) is 4.79 Å². The van der Waals surface area contributed by atoms with Crippen LogP contribution in [-0.2, 0) is 4.79 Å². The van der Waals surface area contributed by atoms with E-state index in [9.17, 15) is 4.79 Å². The summed E-state index contributed by atoms with van der Waals surface area (Å²) in [5.74, 6) is 2.40. The third-order valence-corrected chi connectivity index (χ3v) is 4.92. The molecule has 3 aromatic carbocycles. The van der Waals surface area contributed by atoms with Crippen LogP contribution in [0.1, 0.15) is 6.92 Å². The topological polar surface area (TPSA) is 95.7 Å². The first-order valence-electron chi connectivity index (χ1n) is 10.3. The number of benzene rings is 3. The molecule has 0 spiro atoms. The number of hydrogen-bond donors (Lipinski definition) is 1. The number of carbonyl (C=O) groups is 1. The summed E-state index contributed by atoms with van der Waals surface area (Å²) in [6.45, 7) is 1.68. The van der Waals surface area contributed by atoms with Crippen molar-refractivity contribution in [3.63, 3.8) is 0 Å². The minimum atomic E-state index is -0.719. The Morgan fingerprint density at radius 1 is 0.879 bits per heavy atom. The fourth-order valence-corrected chi connectivity index (χ4v) is 3.10. The molecule has 1 N–H and O–H groups in total. The van der Waals surface area contributed by atoms with E-state index in [2.05, 4.69) is 15.5 Å². The van der Waals surface area contributed by atoms with Gasteiger partial charge in [-0.2, -0.15) is 4.98 Å². The fraction of sp³-hybridized carbons (Fsp3) is 0.160. The number of para-hydroxylation sites is 2. The van der Waals surface area contributed by atoms with E-state index in [-0.39, 0.29) is 5.91 Å². The maximum absolute atomic E-state index is 12.6. The summed E-state index contributed by atoms with van der Waals surface area (Å²) in [6.07, 6.45) is -0.719. The Kier molecular flexibility index (Phi) is 6.54. The van der Waals surface area contributed by atoms with Gasteiger partial charge in [0.25, 0.3) is 11.8 Å². The van der Waals surface area contributed by atoms with Crippen molar-refractivity contribution in [2.24, 2.45) is 0 Å². The predicted molar refractivity (Wildman–Crippen MR) is 123 cm³/mol. The molecule has 4 rings (SSSR count). The molecule has 33 heavy (non-hydrogen) atoms. The summed E-state index contributed by atoms with van der Waals surface area (Å²) in [6, 6.07) is 21.7. The van der Waals surface area contributed by atoms with E-state index < -0.39 is 6.10 Å². The zero-order valence-corrected chi connectivity index (χ0v) is 18.4. The third kappa shape index (κ3) is 5.12. The Balaban J connectivity index is 1.40. The number of anilines is 1. The predicted octanol–water partition coefficient (Wildman–Crippen LogP) is 4.83. The monoisotopic (exact) mass is 445 g/mol. The molecule has 1 amide bonds. The molecule has 0 saturated carbocycles. The van der Waals surface area contributed by atoms with Gasteiger partial charge in [0.15, 0.2) is 17.6 Å². The van der Waals surface area contributed by atoms with Crippen molar-refractivity contribution >= 4 is 11.6 Å². The van der Waals surface area contributed by atoms with Crippen LogP contribution in [0.15, 0.2) is 77.3 Å². The van der Waals surface area contributed by atoms with Gasteiger partial charge in [0.1, 0.15) is 5.75 Å². The third-order valence-electron chi connectivity index (χ3n) is 4.92. The lowest BCUT2D eigenvalue weighted by atomic mass is 10.2. The first-order valence-corrected chi connectivity index (χ1v) is 10.3. The maximum atomic E-state index is 12.6. The van der Waals surface area contributed by atoms with Gasteiger partial charge in [-0.15, -0.1) is 0 Å². The molecular formula is C25H23N3O5. The molecule has 0 aliphatic rings. The lowest BCUT2D eigenvalue weighted by Crippen LogP contribution is -2.30. The van der Waals surface area contributed by atoms with Crippen LogP contribution in [0.3, 0.4) is 0 Å². The molecule has 1 atom stereocenters. The Bertz CT molecular complexity index is 1220. The number of nitrogens with zero attached hydrogens (tertiary/aromatic N) is 2. The van der Waals surface area contributed by atoms with Crippen LogP contribution in [0.25, 0.3) is 22.8 Å². The molecule has 0 fully saturated rings. The average molecular weight is 445 g/mol. The molecule has 0 unspecified atom stereocenters. The van der Waals surface area contributed by atoms with E-state index in [0.29, 0.717) is 28.9 Å². The molecule has 0 aliphatic heterocycles.